The SMILES string of the molecule is COC(=O)CCN(Cc1cccc(C(=O)O)c1)C(C)C. The fraction of sp³-hybridized carbons (Fsp3) is 0.467. The van der Waals surface area contributed by atoms with Gasteiger partial charge in [-0.25, -0.2) is 4.79 Å². The Morgan fingerprint density at radius 3 is 2.60 bits per heavy atom. The Hall–Kier alpha value is -1.88. The predicted molar refractivity (Wildman–Crippen MR) is 75.6 cm³/mol. The van der Waals surface area contributed by atoms with Gasteiger partial charge in [0.1, 0.15) is 0 Å². The maximum atomic E-state index is 11.2. The van der Waals surface area contributed by atoms with Gasteiger partial charge in [0.15, 0.2) is 0 Å². The van der Waals surface area contributed by atoms with Crippen LogP contribution < -0.4 is 0 Å². The molecule has 0 aromatic heterocycles. The first kappa shape index (κ1) is 16.2. The fourth-order valence-electron chi connectivity index (χ4n) is 1.89. The largest absolute Gasteiger partial charge is 0.478 e. The minimum absolute atomic E-state index is 0.241. The van der Waals surface area contributed by atoms with E-state index in [2.05, 4.69) is 9.64 Å². The molecule has 0 aliphatic carbocycles. The molecule has 1 aromatic carbocycles. The Labute approximate surface area is 119 Å². The van der Waals surface area contributed by atoms with Crippen molar-refractivity contribution in [2.45, 2.75) is 32.9 Å². The molecule has 0 radical (unpaired) electrons. The Balaban J connectivity index is 2.72. The molecule has 5 heteroatoms. The normalized spacial score (nSPS) is 10.8. The van der Waals surface area contributed by atoms with E-state index in [-0.39, 0.29) is 17.6 Å². The van der Waals surface area contributed by atoms with Crippen LogP contribution in [0, 0.1) is 0 Å². The highest BCUT2D eigenvalue weighted by atomic mass is 16.5. The highest BCUT2D eigenvalue weighted by Crippen LogP contribution is 2.11. The molecule has 1 N–H and O–H groups in total. The molecule has 0 amide bonds. The Kier molecular flexibility index (Phi) is 6.18. The third-order valence-electron chi connectivity index (χ3n) is 3.12. The Bertz CT molecular complexity index is 471. The van der Waals surface area contributed by atoms with Crippen LogP contribution in [0.3, 0.4) is 0 Å². The molecule has 1 rings (SSSR count). The second kappa shape index (κ2) is 7.65. The van der Waals surface area contributed by atoms with Crippen LogP contribution in [-0.4, -0.2) is 41.6 Å². The van der Waals surface area contributed by atoms with Crippen LogP contribution >= 0.6 is 0 Å². The maximum absolute atomic E-state index is 11.2. The lowest BCUT2D eigenvalue weighted by Crippen LogP contribution is -2.32. The number of nitrogens with zero attached hydrogens (tertiary/aromatic N) is 1. The summed E-state index contributed by atoms with van der Waals surface area (Å²) in [7, 11) is 1.37. The van der Waals surface area contributed by atoms with Gasteiger partial charge in [-0.2, -0.15) is 0 Å². The van der Waals surface area contributed by atoms with Gasteiger partial charge in [0.25, 0.3) is 0 Å². The van der Waals surface area contributed by atoms with Gasteiger partial charge in [0.05, 0.1) is 19.1 Å². The summed E-state index contributed by atoms with van der Waals surface area (Å²) in [5, 5.41) is 8.99. The second-order valence-electron chi connectivity index (χ2n) is 4.90. The van der Waals surface area contributed by atoms with E-state index in [1.54, 1.807) is 18.2 Å². The Morgan fingerprint density at radius 1 is 1.35 bits per heavy atom. The van der Waals surface area contributed by atoms with Gasteiger partial charge in [0, 0.05) is 19.1 Å². The van der Waals surface area contributed by atoms with Gasteiger partial charge in [-0.15, -0.1) is 0 Å². The molecule has 0 unspecified atom stereocenters. The van der Waals surface area contributed by atoms with E-state index in [0.717, 1.165) is 5.56 Å². The highest BCUT2D eigenvalue weighted by Gasteiger charge is 2.13. The summed E-state index contributed by atoms with van der Waals surface area (Å²) in [4.78, 5) is 24.3. The van der Waals surface area contributed by atoms with Crippen molar-refractivity contribution >= 4 is 11.9 Å². The van der Waals surface area contributed by atoms with Crippen LogP contribution in [0.4, 0.5) is 0 Å². The van der Waals surface area contributed by atoms with Crippen molar-refractivity contribution < 1.29 is 19.4 Å². The summed E-state index contributed by atoms with van der Waals surface area (Å²) in [5.41, 5.74) is 1.20. The molecule has 0 aliphatic rings. The molecule has 0 spiro atoms. The van der Waals surface area contributed by atoms with Gasteiger partial charge < -0.3 is 9.84 Å². The summed E-state index contributed by atoms with van der Waals surface area (Å²) in [6, 6.07) is 7.11. The van der Waals surface area contributed by atoms with Gasteiger partial charge >= 0.3 is 11.9 Å². The number of methoxy groups -OCH3 is 1. The summed E-state index contributed by atoms with van der Waals surface area (Å²) in [6.07, 6.45) is 0.327. The number of aromatic carboxylic acids is 1. The fourth-order valence-corrected chi connectivity index (χ4v) is 1.89. The zero-order valence-corrected chi connectivity index (χ0v) is 12.1. The molecular formula is C15H21NO4. The van der Waals surface area contributed by atoms with Gasteiger partial charge in [0.2, 0.25) is 0 Å². The van der Waals surface area contributed by atoms with Crippen LogP contribution in [0.2, 0.25) is 0 Å². The molecule has 0 fully saturated rings. The molecule has 110 valence electrons. The lowest BCUT2D eigenvalue weighted by molar-refractivity contribution is -0.141. The minimum Gasteiger partial charge on any atom is -0.478 e. The molecule has 0 bridgehead atoms. The summed E-state index contributed by atoms with van der Waals surface area (Å²) < 4.78 is 4.64. The van der Waals surface area contributed by atoms with Crippen molar-refractivity contribution in [3.63, 3.8) is 0 Å². The monoisotopic (exact) mass is 279 g/mol. The average molecular weight is 279 g/mol. The number of hydrogen-bond acceptors (Lipinski definition) is 4. The van der Waals surface area contributed by atoms with Crippen LogP contribution in [0.25, 0.3) is 0 Å². The quantitative estimate of drug-likeness (QED) is 0.775. The molecule has 0 heterocycles. The van der Waals surface area contributed by atoms with Crippen molar-refractivity contribution in [2.75, 3.05) is 13.7 Å². The smallest absolute Gasteiger partial charge is 0.335 e. The van der Waals surface area contributed by atoms with Crippen molar-refractivity contribution in [3.8, 4) is 0 Å². The predicted octanol–water partition coefficient (Wildman–Crippen LogP) is 2.16. The number of ether oxygens (including phenoxy) is 1. The summed E-state index contributed by atoms with van der Waals surface area (Å²) >= 11 is 0. The first-order valence-corrected chi connectivity index (χ1v) is 6.57. The van der Waals surface area contributed by atoms with Gasteiger partial charge in [-0.3, -0.25) is 9.69 Å². The lowest BCUT2D eigenvalue weighted by atomic mass is 10.1. The number of carbonyl (C=O) groups excluding carboxylic acids is 1. The van der Waals surface area contributed by atoms with E-state index in [9.17, 15) is 9.59 Å². The van der Waals surface area contributed by atoms with Crippen LogP contribution in [0.1, 0.15) is 36.2 Å². The van der Waals surface area contributed by atoms with Gasteiger partial charge in [-0.05, 0) is 31.5 Å². The van der Waals surface area contributed by atoms with E-state index >= 15 is 0 Å². The minimum atomic E-state index is -0.933. The van der Waals surface area contributed by atoms with E-state index in [1.807, 2.05) is 19.9 Å². The van der Waals surface area contributed by atoms with E-state index in [4.69, 9.17) is 5.11 Å². The molecule has 5 nitrogen and oxygen atoms in total. The van der Waals surface area contributed by atoms with Crippen molar-refractivity contribution in [3.05, 3.63) is 35.4 Å². The molecule has 0 saturated heterocycles. The van der Waals surface area contributed by atoms with Crippen LogP contribution in [-0.2, 0) is 16.1 Å². The van der Waals surface area contributed by atoms with Crippen molar-refractivity contribution in [2.24, 2.45) is 0 Å². The van der Waals surface area contributed by atoms with Crippen LogP contribution in [0.15, 0.2) is 24.3 Å². The molecule has 0 saturated carbocycles. The van der Waals surface area contributed by atoms with E-state index in [1.165, 1.54) is 7.11 Å². The van der Waals surface area contributed by atoms with E-state index < -0.39 is 5.97 Å². The van der Waals surface area contributed by atoms with Crippen molar-refractivity contribution in [1.82, 2.24) is 4.90 Å². The Morgan fingerprint density at radius 2 is 2.05 bits per heavy atom. The number of esters is 1. The number of hydrogen-bond donors (Lipinski definition) is 1. The average Bonchev–Trinajstić information content (AvgIpc) is 2.42. The zero-order chi connectivity index (χ0) is 15.1. The first-order chi connectivity index (χ1) is 9.43. The lowest BCUT2D eigenvalue weighted by Gasteiger charge is -2.26. The first-order valence-electron chi connectivity index (χ1n) is 6.57. The summed E-state index contributed by atoms with van der Waals surface area (Å²) in [5.74, 6) is -1.17. The molecule has 1 aromatic rings. The summed E-state index contributed by atoms with van der Waals surface area (Å²) in [6.45, 7) is 5.27. The number of rotatable bonds is 7. The molecule has 0 atom stereocenters. The number of carboxylic acid groups (broad SMARTS) is 1. The highest BCUT2D eigenvalue weighted by molar-refractivity contribution is 5.87. The maximum Gasteiger partial charge on any atom is 0.335 e. The standard InChI is InChI=1S/C15H21NO4/c1-11(2)16(8-7-14(17)20-3)10-12-5-4-6-13(9-12)15(18)19/h4-6,9,11H,7-8,10H2,1-3H3,(H,18,19). The number of carbonyl (C=O) groups is 2. The third kappa shape index (κ3) is 5.01. The van der Waals surface area contributed by atoms with Gasteiger partial charge in [-0.1, -0.05) is 12.1 Å². The third-order valence-corrected chi connectivity index (χ3v) is 3.12. The number of carboxylic acids is 1. The number of benzene rings is 1. The van der Waals surface area contributed by atoms with Crippen LogP contribution in [0.5, 0.6) is 0 Å². The topological polar surface area (TPSA) is 66.8 Å². The van der Waals surface area contributed by atoms with E-state index in [0.29, 0.717) is 19.5 Å². The molecular weight excluding hydrogens is 258 g/mol. The van der Waals surface area contributed by atoms with Crippen molar-refractivity contribution in [1.29, 1.82) is 0 Å². The second-order valence-corrected chi connectivity index (χ2v) is 4.90. The molecule has 20 heavy (non-hydrogen) atoms. The zero-order valence-electron chi connectivity index (χ0n) is 12.1. The molecule has 0 aliphatic heterocycles.